The first-order valence-electron chi connectivity index (χ1n) is 10.9. The first kappa shape index (κ1) is 23.3. The zero-order valence-electron chi connectivity index (χ0n) is 18.9. The molecular formula is C23H23FN6O4S. The number of hydrogen-bond donors (Lipinski definition) is 0. The Balaban J connectivity index is 1.38. The standard InChI is InChI=1S/C23H23FN6O4S/c1-17-2-5-20(6-3-17)35(31,32)34-11-18-9-23(33-10-18,12-29-15-25-13-27-29)21-7-4-19(8-22(21)24)30-16-26-14-28-30/h2-8,13-16,18H,9-12H2,1H3/t18-,23-/m0/s1. The Labute approximate surface area is 201 Å². The van der Waals surface area contributed by atoms with E-state index >= 15 is 4.39 Å². The number of aromatic nitrogens is 6. The number of nitrogens with zero attached hydrogens (tertiary/aromatic N) is 6. The van der Waals surface area contributed by atoms with Gasteiger partial charge < -0.3 is 4.74 Å². The highest BCUT2D eigenvalue weighted by Gasteiger charge is 2.45. The molecule has 0 bridgehead atoms. The van der Waals surface area contributed by atoms with E-state index < -0.39 is 21.5 Å². The molecule has 0 aliphatic carbocycles. The molecule has 1 saturated heterocycles. The van der Waals surface area contributed by atoms with Crippen LogP contribution in [0.3, 0.4) is 0 Å². The Bertz CT molecular complexity index is 1390. The van der Waals surface area contributed by atoms with Gasteiger partial charge >= 0.3 is 0 Å². The topological polar surface area (TPSA) is 114 Å². The van der Waals surface area contributed by atoms with Gasteiger partial charge in [-0.25, -0.2) is 23.7 Å². The van der Waals surface area contributed by atoms with Crippen LogP contribution in [0, 0.1) is 18.7 Å². The summed E-state index contributed by atoms with van der Waals surface area (Å²) in [6.45, 7) is 2.18. The van der Waals surface area contributed by atoms with Crippen molar-refractivity contribution < 1.29 is 21.7 Å². The molecule has 0 radical (unpaired) electrons. The molecule has 10 nitrogen and oxygen atoms in total. The summed E-state index contributed by atoms with van der Waals surface area (Å²) in [7, 11) is -3.93. The zero-order chi connectivity index (χ0) is 24.5. The number of aryl methyl sites for hydroxylation is 1. The molecule has 0 spiro atoms. The van der Waals surface area contributed by atoms with Crippen molar-refractivity contribution in [3.63, 3.8) is 0 Å². The van der Waals surface area contributed by atoms with E-state index in [1.54, 1.807) is 28.9 Å². The van der Waals surface area contributed by atoms with E-state index in [2.05, 4.69) is 20.2 Å². The second-order valence-electron chi connectivity index (χ2n) is 8.52. The first-order valence-corrected chi connectivity index (χ1v) is 12.3. The van der Waals surface area contributed by atoms with Crippen LogP contribution in [-0.2, 0) is 31.2 Å². The van der Waals surface area contributed by atoms with Gasteiger partial charge in [-0.05, 0) is 37.6 Å². The largest absolute Gasteiger partial charge is 0.368 e. The number of rotatable bonds is 8. The van der Waals surface area contributed by atoms with Crippen LogP contribution in [0.4, 0.5) is 4.39 Å². The summed E-state index contributed by atoms with van der Waals surface area (Å²) in [5, 5.41) is 8.18. The molecule has 1 aliphatic rings. The van der Waals surface area contributed by atoms with Crippen molar-refractivity contribution in [1.82, 2.24) is 29.5 Å². The number of halogens is 1. The SMILES string of the molecule is Cc1ccc(S(=O)(=O)OC[C@@H]2CO[C@@](Cn3cncn3)(c3ccc(-n4cncn4)cc3F)C2)cc1. The minimum Gasteiger partial charge on any atom is -0.368 e. The van der Waals surface area contributed by atoms with Gasteiger partial charge in [0.2, 0.25) is 0 Å². The van der Waals surface area contributed by atoms with E-state index in [0.29, 0.717) is 17.7 Å². The van der Waals surface area contributed by atoms with Gasteiger partial charge in [-0.2, -0.15) is 18.6 Å². The summed E-state index contributed by atoms with van der Waals surface area (Å²) in [5.74, 6) is -0.764. The Morgan fingerprint density at radius 3 is 2.57 bits per heavy atom. The Morgan fingerprint density at radius 1 is 1.11 bits per heavy atom. The highest BCUT2D eigenvalue weighted by Crippen LogP contribution is 2.42. The van der Waals surface area contributed by atoms with Crippen LogP contribution in [0.2, 0.25) is 0 Å². The van der Waals surface area contributed by atoms with Crippen LogP contribution in [0.15, 0.2) is 72.7 Å². The summed E-state index contributed by atoms with van der Waals surface area (Å²) in [6.07, 6.45) is 6.09. The van der Waals surface area contributed by atoms with Crippen molar-refractivity contribution in [2.45, 2.75) is 30.4 Å². The number of ether oxygens (including phenoxy) is 1. The average Bonchev–Trinajstić information content (AvgIpc) is 3.61. The van der Waals surface area contributed by atoms with Crippen LogP contribution in [0.25, 0.3) is 5.69 Å². The number of hydrogen-bond acceptors (Lipinski definition) is 8. The summed E-state index contributed by atoms with van der Waals surface area (Å²) in [6, 6.07) is 11.2. The van der Waals surface area contributed by atoms with Gasteiger partial charge in [0.15, 0.2) is 0 Å². The van der Waals surface area contributed by atoms with Crippen LogP contribution >= 0.6 is 0 Å². The van der Waals surface area contributed by atoms with Crippen molar-refractivity contribution in [1.29, 1.82) is 0 Å². The van der Waals surface area contributed by atoms with E-state index in [1.165, 1.54) is 48.2 Å². The second-order valence-corrected chi connectivity index (χ2v) is 10.1. The molecule has 35 heavy (non-hydrogen) atoms. The maximum Gasteiger partial charge on any atom is 0.296 e. The predicted octanol–water partition coefficient (Wildman–Crippen LogP) is 2.64. The van der Waals surface area contributed by atoms with Crippen molar-refractivity contribution in [2.24, 2.45) is 5.92 Å². The van der Waals surface area contributed by atoms with Crippen molar-refractivity contribution in [3.8, 4) is 5.69 Å². The molecule has 1 fully saturated rings. The van der Waals surface area contributed by atoms with Gasteiger partial charge in [0.1, 0.15) is 36.7 Å². The van der Waals surface area contributed by atoms with Crippen LogP contribution in [0.5, 0.6) is 0 Å². The summed E-state index contributed by atoms with van der Waals surface area (Å²) < 4.78 is 55.2. The quantitative estimate of drug-likeness (QED) is 0.341. The minimum atomic E-state index is -3.93. The lowest BCUT2D eigenvalue weighted by Gasteiger charge is -2.29. The van der Waals surface area contributed by atoms with Gasteiger partial charge in [0.05, 0.1) is 30.3 Å². The Kier molecular flexibility index (Phi) is 6.17. The monoisotopic (exact) mass is 498 g/mol. The molecule has 0 amide bonds. The molecule has 0 N–H and O–H groups in total. The molecule has 2 aromatic heterocycles. The Hall–Kier alpha value is -3.48. The molecular weight excluding hydrogens is 475 g/mol. The van der Waals surface area contributed by atoms with Gasteiger partial charge in [0, 0.05) is 11.5 Å². The molecule has 3 heterocycles. The highest BCUT2D eigenvalue weighted by molar-refractivity contribution is 7.86. The lowest BCUT2D eigenvalue weighted by molar-refractivity contribution is -0.0205. The molecule has 1 aliphatic heterocycles. The van der Waals surface area contributed by atoms with Gasteiger partial charge in [-0.3, -0.25) is 4.18 Å². The normalized spacial score (nSPS) is 20.3. The Morgan fingerprint density at radius 2 is 1.89 bits per heavy atom. The van der Waals surface area contributed by atoms with Crippen molar-refractivity contribution in [2.75, 3.05) is 13.2 Å². The summed E-state index contributed by atoms with van der Waals surface area (Å²) >= 11 is 0. The molecule has 4 aromatic rings. The third-order valence-electron chi connectivity index (χ3n) is 5.99. The van der Waals surface area contributed by atoms with E-state index in [4.69, 9.17) is 8.92 Å². The fourth-order valence-electron chi connectivity index (χ4n) is 4.24. The fourth-order valence-corrected chi connectivity index (χ4v) is 5.22. The third kappa shape index (κ3) is 4.85. The second kappa shape index (κ2) is 9.29. The van der Waals surface area contributed by atoms with Gasteiger partial charge in [-0.1, -0.05) is 23.8 Å². The van der Waals surface area contributed by atoms with E-state index in [9.17, 15) is 8.42 Å². The maximum absolute atomic E-state index is 15.4. The smallest absolute Gasteiger partial charge is 0.296 e. The fraction of sp³-hybridized carbons (Fsp3) is 0.304. The molecule has 0 saturated carbocycles. The lowest BCUT2D eigenvalue weighted by atomic mass is 9.86. The molecule has 182 valence electrons. The van der Waals surface area contributed by atoms with E-state index in [0.717, 1.165) is 5.56 Å². The van der Waals surface area contributed by atoms with Gasteiger partial charge in [0.25, 0.3) is 10.1 Å². The van der Waals surface area contributed by atoms with Gasteiger partial charge in [-0.15, -0.1) is 0 Å². The molecule has 0 unspecified atom stereocenters. The number of benzene rings is 2. The molecule has 5 rings (SSSR count). The van der Waals surface area contributed by atoms with E-state index in [-0.39, 0.29) is 30.6 Å². The third-order valence-corrected chi connectivity index (χ3v) is 7.29. The molecule has 2 atom stereocenters. The van der Waals surface area contributed by atoms with Crippen LogP contribution in [-0.4, -0.2) is 51.2 Å². The summed E-state index contributed by atoms with van der Waals surface area (Å²) in [4.78, 5) is 7.95. The minimum absolute atomic E-state index is 0.0886. The first-order chi connectivity index (χ1) is 16.8. The maximum atomic E-state index is 15.4. The summed E-state index contributed by atoms with van der Waals surface area (Å²) in [5.41, 5.74) is 0.714. The predicted molar refractivity (Wildman–Crippen MR) is 121 cm³/mol. The lowest BCUT2D eigenvalue weighted by Crippen LogP contribution is -2.33. The highest BCUT2D eigenvalue weighted by atomic mass is 32.2. The van der Waals surface area contributed by atoms with E-state index in [1.807, 2.05) is 6.92 Å². The molecule has 2 aromatic carbocycles. The van der Waals surface area contributed by atoms with Crippen molar-refractivity contribution >= 4 is 10.1 Å². The average molecular weight is 499 g/mol. The molecule has 12 heteroatoms. The van der Waals surface area contributed by atoms with Crippen LogP contribution < -0.4 is 0 Å². The van der Waals surface area contributed by atoms with Crippen molar-refractivity contribution in [3.05, 3.63) is 84.7 Å². The zero-order valence-corrected chi connectivity index (χ0v) is 19.7. The van der Waals surface area contributed by atoms with Crippen LogP contribution in [0.1, 0.15) is 17.5 Å².